The highest BCUT2D eigenvalue weighted by atomic mass is 16.3. The molecule has 0 spiro atoms. The first-order valence-electron chi connectivity index (χ1n) is 19.2. The second kappa shape index (κ2) is 33.8. The van der Waals surface area contributed by atoms with Gasteiger partial charge < -0.3 is 36.2 Å². The van der Waals surface area contributed by atoms with Crippen LogP contribution in [0.1, 0.15) is 131 Å². The molecule has 304 valence electrons. The molecule has 0 radical (unpaired) electrons. The van der Waals surface area contributed by atoms with Gasteiger partial charge >= 0.3 is 0 Å². The number of amides is 4. The Labute approximate surface area is 316 Å². The average Bonchev–Trinajstić information content (AvgIpc) is 3.62. The van der Waals surface area contributed by atoms with Crippen molar-refractivity contribution < 1.29 is 34.5 Å². The van der Waals surface area contributed by atoms with Gasteiger partial charge in [-0.05, 0) is 65.0 Å². The van der Waals surface area contributed by atoms with Gasteiger partial charge in [-0.2, -0.15) is 0 Å². The van der Waals surface area contributed by atoms with Crippen molar-refractivity contribution in [2.45, 2.75) is 150 Å². The van der Waals surface area contributed by atoms with Gasteiger partial charge in [-0.3, -0.25) is 24.1 Å². The molecule has 12 nitrogen and oxygen atoms in total. The molecular weight excluding hydrogens is 662 g/mol. The van der Waals surface area contributed by atoms with E-state index >= 15 is 0 Å². The van der Waals surface area contributed by atoms with Crippen molar-refractivity contribution in [3.8, 4) is 0 Å². The predicted molar refractivity (Wildman–Crippen MR) is 213 cm³/mol. The molecule has 1 fully saturated rings. The number of aliphatic hydroxyl groups is 3. The van der Waals surface area contributed by atoms with Crippen LogP contribution in [0.5, 0.6) is 0 Å². The Morgan fingerprint density at radius 3 is 1.94 bits per heavy atom. The van der Waals surface area contributed by atoms with Crippen molar-refractivity contribution >= 4 is 23.6 Å². The lowest BCUT2D eigenvalue weighted by Crippen LogP contribution is -2.51. The summed E-state index contributed by atoms with van der Waals surface area (Å²) in [7, 11) is 5.46. The van der Waals surface area contributed by atoms with Gasteiger partial charge in [0.1, 0.15) is 6.04 Å². The SMILES string of the molecule is CCC.CCCCCCC(=O)N1CCCC1CCC(=O)N[C@H](C)C(O)c1ccccc1.CNC(=O)C(NC(=O)CN(C)C(C)C)C(C)C.CO.CO. The lowest BCUT2D eigenvalue weighted by molar-refractivity contribution is -0.133. The largest absolute Gasteiger partial charge is 0.400 e. The number of rotatable bonds is 17. The Morgan fingerprint density at radius 1 is 0.865 bits per heavy atom. The third-order valence-corrected chi connectivity index (χ3v) is 8.44. The van der Waals surface area contributed by atoms with Crippen LogP contribution in [-0.4, -0.2) is 114 Å². The van der Waals surface area contributed by atoms with Crippen molar-refractivity contribution in [3.63, 3.8) is 0 Å². The van der Waals surface area contributed by atoms with E-state index in [-0.39, 0.29) is 41.6 Å². The van der Waals surface area contributed by atoms with Crippen LogP contribution in [0, 0.1) is 5.92 Å². The highest BCUT2D eigenvalue weighted by Crippen LogP contribution is 2.23. The highest BCUT2D eigenvalue weighted by Gasteiger charge is 2.29. The Hall–Kier alpha value is -3.06. The molecule has 6 N–H and O–H groups in total. The Morgan fingerprint density at radius 2 is 1.44 bits per heavy atom. The fourth-order valence-electron chi connectivity index (χ4n) is 5.27. The monoisotopic (exact) mass is 740 g/mol. The van der Waals surface area contributed by atoms with Crippen molar-refractivity contribution in [1.82, 2.24) is 25.8 Å². The zero-order chi connectivity index (χ0) is 40.6. The van der Waals surface area contributed by atoms with Gasteiger partial charge in [0, 0.05) is 52.7 Å². The molecule has 12 heteroatoms. The van der Waals surface area contributed by atoms with E-state index in [1.165, 1.54) is 19.3 Å². The fraction of sp³-hybridized carbons (Fsp3) is 0.750. The molecule has 1 aromatic rings. The third-order valence-electron chi connectivity index (χ3n) is 8.44. The molecule has 1 aliphatic heterocycles. The summed E-state index contributed by atoms with van der Waals surface area (Å²) in [5.41, 5.74) is 0.797. The predicted octanol–water partition coefficient (Wildman–Crippen LogP) is 4.81. The minimum atomic E-state index is -0.724. The molecule has 1 heterocycles. The summed E-state index contributed by atoms with van der Waals surface area (Å²) in [4.78, 5) is 52.1. The first-order valence-corrected chi connectivity index (χ1v) is 19.2. The molecule has 0 aromatic heterocycles. The van der Waals surface area contributed by atoms with E-state index in [1.54, 1.807) is 7.05 Å². The van der Waals surface area contributed by atoms with Gasteiger partial charge in [0.05, 0.1) is 18.7 Å². The van der Waals surface area contributed by atoms with Crippen LogP contribution in [0.2, 0.25) is 0 Å². The summed E-state index contributed by atoms with van der Waals surface area (Å²) < 4.78 is 0. The summed E-state index contributed by atoms with van der Waals surface area (Å²) in [6, 6.07) is 9.03. The number of aliphatic hydroxyl groups excluding tert-OH is 3. The standard InChI is InChI=1S/C23H36N2O3.C12H25N3O2.C3H8.2CH4O/c1-3-4-5-9-14-22(27)25-17-10-13-20(25)15-16-21(26)24-18(2)23(28)19-11-7-6-8-12-19;1-8(2)11(12(17)13-5)14-10(16)7-15(6)9(3)4;1-3-2;2*1-2/h6-8,11-12,18,20,23,28H,3-5,9-10,13-17H2,1-2H3,(H,24,26);8-9,11H,7H2,1-6H3,(H,13,17)(H,14,16);3H2,1-2H3;2*2H,1H3/t18-,20?,23?;;;;/m1..../s1. The molecule has 1 saturated heterocycles. The van der Waals surface area contributed by atoms with Crippen molar-refractivity contribution in [2.24, 2.45) is 5.92 Å². The van der Waals surface area contributed by atoms with E-state index in [9.17, 15) is 24.3 Å². The van der Waals surface area contributed by atoms with E-state index in [4.69, 9.17) is 10.2 Å². The molecule has 2 rings (SSSR count). The molecular formula is C40H77N5O7. The molecule has 52 heavy (non-hydrogen) atoms. The molecule has 0 aliphatic carbocycles. The van der Waals surface area contributed by atoms with Crippen LogP contribution < -0.4 is 16.0 Å². The van der Waals surface area contributed by atoms with E-state index in [0.717, 1.165) is 52.0 Å². The minimum absolute atomic E-state index is 0.0651. The number of unbranched alkanes of at least 4 members (excludes halogenated alkanes) is 3. The maximum absolute atomic E-state index is 12.5. The molecule has 0 saturated carbocycles. The lowest BCUT2D eigenvalue weighted by Gasteiger charge is -2.25. The van der Waals surface area contributed by atoms with Crippen LogP contribution in [0.4, 0.5) is 0 Å². The van der Waals surface area contributed by atoms with Crippen LogP contribution >= 0.6 is 0 Å². The fourth-order valence-corrected chi connectivity index (χ4v) is 5.27. The zero-order valence-corrected chi connectivity index (χ0v) is 34.7. The Bertz CT molecular complexity index is 1040. The number of carbonyl (C=O) groups is 4. The van der Waals surface area contributed by atoms with Gasteiger partial charge in [0.25, 0.3) is 0 Å². The molecule has 1 aliphatic rings. The zero-order valence-electron chi connectivity index (χ0n) is 34.7. The number of benzene rings is 1. The van der Waals surface area contributed by atoms with Gasteiger partial charge in [0.15, 0.2) is 0 Å². The van der Waals surface area contributed by atoms with Crippen LogP contribution in [0.15, 0.2) is 30.3 Å². The number of nitrogens with zero attached hydrogens (tertiary/aromatic N) is 2. The number of likely N-dealkylation sites (N-methyl/N-ethyl adjacent to an activating group) is 2. The minimum Gasteiger partial charge on any atom is -0.400 e. The maximum atomic E-state index is 12.5. The van der Waals surface area contributed by atoms with Gasteiger partial charge in [-0.1, -0.05) is 90.6 Å². The summed E-state index contributed by atoms with van der Waals surface area (Å²) in [6.45, 7) is 17.2. The van der Waals surface area contributed by atoms with Gasteiger partial charge in [0.2, 0.25) is 23.6 Å². The molecule has 0 bridgehead atoms. The van der Waals surface area contributed by atoms with Crippen molar-refractivity contribution in [1.29, 1.82) is 0 Å². The summed E-state index contributed by atoms with van der Waals surface area (Å²) in [6.07, 6.45) is 8.68. The Balaban J connectivity index is -0.000000856. The lowest BCUT2D eigenvalue weighted by atomic mass is 10.0. The molecule has 1 aromatic carbocycles. The smallest absolute Gasteiger partial charge is 0.242 e. The van der Waals surface area contributed by atoms with E-state index in [2.05, 4.69) is 36.7 Å². The number of hydrogen-bond acceptors (Lipinski definition) is 8. The number of hydrogen-bond donors (Lipinski definition) is 6. The van der Waals surface area contributed by atoms with E-state index in [1.807, 2.05) is 81.8 Å². The molecule has 4 amide bonds. The highest BCUT2D eigenvalue weighted by molar-refractivity contribution is 5.88. The van der Waals surface area contributed by atoms with Crippen LogP contribution in [-0.2, 0) is 19.2 Å². The average molecular weight is 740 g/mol. The molecule has 3 unspecified atom stereocenters. The third kappa shape index (κ3) is 24.2. The van der Waals surface area contributed by atoms with E-state index in [0.29, 0.717) is 31.8 Å². The topological polar surface area (TPSA) is 172 Å². The summed E-state index contributed by atoms with van der Waals surface area (Å²) in [5, 5.41) is 32.6. The Kier molecular flexibility index (Phi) is 34.6. The van der Waals surface area contributed by atoms with Crippen LogP contribution in [0.25, 0.3) is 0 Å². The number of carbonyl (C=O) groups excluding carboxylic acids is 4. The van der Waals surface area contributed by atoms with Crippen LogP contribution in [0.3, 0.4) is 0 Å². The van der Waals surface area contributed by atoms with Crippen molar-refractivity contribution in [2.75, 3.05) is 41.4 Å². The van der Waals surface area contributed by atoms with Gasteiger partial charge in [-0.25, -0.2) is 0 Å². The quantitative estimate of drug-likeness (QED) is 0.124. The normalized spacial score (nSPS) is 14.9. The number of likely N-dealkylation sites (tertiary alicyclic amines) is 1. The molecule has 4 atom stereocenters. The first-order chi connectivity index (χ1) is 24.7. The van der Waals surface area contributed by atoms with E-state index < -0.39 is 12.1 Å². The van der Waals surface area contributed by atoms with Crippen molar-refractivity contribution in [3.05, 3.63) is 35.9 Å². The second-order valence-corrected chi connectivity index (χ2v) is 13.6. The number of nitrogens with one attached hydrogen (secondary N) is 3. The summed E-state index contributed by atoms with van der Waals surface area (Å²) >= 11 is 0. The maximum Gasteiger partial charge on any atom is 0.242 e. The summed E-state index contributed by atoms with van der Waals surface area (Å²) in [5.74, 6) is -0.0242. The van der Waals surface area contributed by atoms with Gasteiger partial charge in [-0.15, -0.1) is 0 Å². The second-order valence-electron chi connectivity index (χ2n) is 13.6. The first kappa shape index (κ1) is 53.3.